The van der Waals surface area contributed by atoms with Gasteiger partial charge in [-0.3, -0.25) is 14.5 Å². The van der Waals surface area contributed by atoms with Crippen molar-refractivity contribution in [3.63, 3.8) is 0 Å². The fourth-order valence-electron chi connectivity index (χ4n) is 9.71. The molecule has 4 fully saturated rings. The fraction of sp³-hybridized carbons (Fsp3) is 0.688. The van der Waals surface area contributed by atoms with Crippen molar-refractivity contribution in [2.45, 2.75) is 102 Å². The van der Waals surface area contributed by atoms with Crippen LogP contribution in [0.25, 0.3) is 10.9 Å². The zero-order valence-electron chi connectivity index (χ0n) is 22.3. The number of amides is 1. The Balaban J connectivity index is 1.02. The smallest absolute Gasteiger partial charge is 0.230 e. The summed E-state index contributed by atoms with van der Waals surface area (Å²) >= 11 is 1.42. The number of aromatic nitrogens is 1. The average molecular weight is 505 g/mol. The molecule has 36 heavy (non-hydrogen) atoms. The molecule has 1 heterocycles. The topological polar surface area (TPSA) is 42.0 Å². The van der Waals surface area contributed by atoms with Gasteiger partial charge in [-0.2, -0.15) is 0 Å². The Hall–Kier alpha value is -1.55. The van der Waals surface area contributed by atoms with E-state index < -0.39 is 0 Å². The molecule has 0 radical (unpaired) electrons. The predicted octanol–water partition coefficient (Wildman–Crippen LogP) is 8.58. The molecular weight excluding hydrogens is 460 g/mol. The Bertz CT molecular complexity index is 1100. The predicted molar refractivity (Wildman–Crippen MR) is 149 cm³/mol. The summed E-state index contributed by atoms with van der Waals surface area (Å²) in [5, 5.41) is 1.11. The highest BCUT2D eigenvalue weighted by molar-refractivity contribution is 7.98. The molecule has 6 rings (SSSR count). The first kappa shape index (κ1) is 24.8. The van der Waals surface area contributed by atoms with Crippen molar-refractivity contribution in [1.29, 1.82) is 0 Å². The number of carbonyl (C=O) groups is 1. The number of para-hydroxylation sites is 1. The summed E-state index contributed by atoms with van der Waals surface area (Å²) in [5.74, 6) is 4.86. The van der Waals surface area contributed by atoms with E-state index in [2.05, 4.69) is 35.7 Å². The second-order valence-electron chi connectivity index (χ2n) is 13.1. The van der Waals surface area contributed by atoms with Gasteiger partial charge in [0, 0.05) is 18.0 Å². The molecular formula is C32H44N2OS. The average Bonchev–Trinajstić information content (AvgIpc) is 3.23. The molecule has 4 heteroatoms. The van der Waals surface area contributed by atoms with Crippen LogP contribution in [0.5, 0.6) is 0 Å². The normalized spacial score (nSPS) is 37.7. The maximum atomic E-state index is 12.7. The molecule has 4 aliphatic carbocycles. The zero-order chi connectivity index (χ0) is 24.8. The minimum Gasteiger partial charge on any atom is -0.296 e. The van der Waals surface area contributed by atoms with Crippen molar-refractivity contribution in [2.75, 3.05) is 0 Å². The Labute approximate surface area is 222 Å². The van der Waals surface area contributed by atoms with Gasteiger partial charge in [0.15, 0.2) is 0 Å². The van der Waals surface area contributed by atoms with Gasteiger partial charge in [-0.05, 0) is 129 Å². The van der Waals surface area contributed by atoms with Crippen molar-refractivity contribution in [2.24, 2.45) is 40.4 Å². The Kier molecular flexibility index (Phi) is 6.86. The second kappa shape index (κ2) is 9.97. The highest BCUT2D eigenvalue weighted by Gasteiger charge is 2.59. The summed E-state index contributed by atoms with van der Waals surface area (Å²) < 4.78 is 3.09. The van der Waals surface area contributed by atoms with Crippen LogP contribution in [0.3, 0.4) is 0 Å². The number of benzene rings is 1. The van der Waals surface area contributed by atoms with E-state index in [1.54, 1.807) is 0 Å². The van der Waals surface area contributed by atoms with Gasteiger partial charge in [0.2, 0.25) is 5.91 Å². The standard InChI is InChI=1S/C32H44N2OS/c1-31-19-4-3-10-23(31)14-16-25-26-17-15-24(32(26,2)20-18-27(25)31)11-6-13-29(35)34-36-28-12-5-8-22-9-7-21-33-30(22)28/h5,7-9,12,21,23-27H,3-4,6,10-11,13-20H2,1-2H3,(H,34,35). The highest BCUT2D eigenvalue weighted by atomic mass is 32.2. The van der Waals surface area contributed by atoms with E-state index in [4.69, 9.17) is 0 Å². The van der Waals surface area contributed by atoms with Crippen LogP contribution in [-0.4, -0.2) is 10.9 Å². The maximum absolute atomic E-state index is 12.7. The first-order chi connectivity index (χ1) is 17.5. The quantitative estimate of drug-likeness (QED) is 0.401. The van der Waals surface area contributed by atoms with Crippen LogP contribution in [0.15, 0.2) is 41.4 Å². The van der Waals surface area contributed by atoms with Crippen molar-refractivity contribution in [3.8, 4) is 0 Å². The summed E-state index contributed by atoms with van der Waals surface area (Å²) in [6, 6.07) is 10.2. The largest absolute Gasteiger partial charge is 0.296 e. The molecule has 7 unspecified atom stereocenters. The monoisotopic (exact) mass is 504 g/mol. The maximum Gasteiger partial charge on any atom is 0.230 e. The van der Waals surface area contributed by atoms with Gasteiger partial charge >= 0.3 is 0 Å². The van der Waals surface area contributed by atoms with Gasteiger partial charge < -0.3 is 0 Å². The number of pyridine rings is 1. The molecule has 1 aromatic carbocycles. The third-order valence-corrected chi connectivity index (χ3v) is 12.5. The molecule has 0 spiro atoms. The van der Waals surface area contributed by atoms with E-state index in [0.29, 0.717) is 17.3 Å². The Morgan fingerprint density at radius 2 is 1.83 bits per heavy atom. The Morgan fingerprint density at radius 1 is 0.972 bits per heavy atom. The van der Waals surface area contributed by atoms with Crippen molar-refractivity contribution in [1.82, 2.24) is 9.71 Å². The van der Waals surface area contributed by atoms with Crippen molar-refractivity contribution >= 4 is 28.8 Å². The third-order valence-electron chi connectivity index (χ3n) is 11.6. The van der Waals surface area contributed by atoms with E-state index in [1.807, 2.05) is 24.4 Å². The third kappa shape index (κ3) is 4.29. The Morgan fingerprint density at radius 3 is 2.75 bits per heavy atom. The lowest BCUT2D eigenvalue weighted by Gasteiger charge is -2.60. The molecule has 7 atom stereocenters. The molecule has 4 saturated carbocycles. The van der Waals surface area contributed by atoms with E-state index >= 15 is 0 Å². The first-order valence-electron chi connectivity index (χ1n) is 14.8. The van der Waals surface area contributed by atoms with Crippen LogP contribution in [0.1, 0.15) is 97.3 Å². The lowest BCUT2D eigenvalue weighted by atomic mass is 9.45. The number of nitrogens with zero attached hydrogens (tertiary/aromatic N) is 1. The highest BCUT2D eigenvalue weighted by Crippen LogP contribution is 2.67. The van der Waals surface area contributed by atoms with Crippen LogP contribution in [-0.2, 0) is 4.79 Å². The number of nitrogens with one attached hydrogen (secondary N) is 1. The summed E-state index contributed by atoms with van der Waals surface area (Å²) in [6.07, 6.45) is 19.4. The van der Waals surface area contributed by atoms with Crippen molar-refractivity contribution in [3.05, 3.63) is 36.5 Å². The summed E-state index contributed by atoms with van der Waals surface area (Å²) in [4.78, 5) is 18.2. The molecule has 1 N–H and O–H groups in total. The number of hydrogen-bond acceptors (Lipinski definition) is 3. The van der Waals surface area contributed by atoms with Crippen LogP contribution in [0, 0.1) is 40.4 Å². The van der Waals surface area contributed by atoms with E-state index in [1.165, 1.54) is 82.6 Å². The summed E-state index contributed by atoms with van der Waals surface area (Å²) in [6.45, 7) is 5.33. The van der Waals surface area contributed by atoms with Gasteiger partial charge in [-0.1, -0.05) is 44.9 Å². The van der Waals surface area contributed by atoms with Gasteiger partial charge in [0.25, 0.3) is 0 Å². The van der Waals surface area contributed by atoms with E-state index in [-0.39, 0.29) is 5.91 Å². The van der Waals surface area contributed by atoms with Gasteiger partial charge in [0.05, 0.1) is 10.4 Å². The SMILES string of the molecule is CC12CCCCC1CCC1C2CCC2(C)C(CCCC(=O)NSc3cccc4cccnc34)CCC12. The molecule has 0 bridgehead atoms. The number of hydrogen-bond donors (Lipinski definition) is 1. The zero-order valence-corrected chi connectivity index (χ0v) is 23.1. The molecule has 194 valence electrons. The molecule has 0 aliphatic heterocycles. The van der Waals surface area contributed by atoms with E-state index in [9.17, 15) is 4.79 Å². The van der Waals surface area contributed by atoms with Gasteiger partial charge in [-0.25, -0.2) is 0 Å². The second-order valence-corrected chi connectivity index (χ2v) is 13.9. The van der Waals surface area contributed by atoms with Crippen LogP contribution in [0.4, 0.5) is 0 Å². The van der Waals surface area contributed by atoms with Crippen LogP contribution in [0.2, 0.25) is 0 Å². The lowest BCUT2D eigenvalue weighted by molar-refractivity contribution is -0.119. The lowest BCUT2D eigenvalue weighted by Crippen LogP contribution is -2.52. The molecule has 1 aromatic heterocycles. The number of rotatable bonds is 6. The minimum absolute atomic E-state index is 0.153. The summed E-state index contributed by atoms with van der Waals surface area (Å²) in [5.41, 5.74) is 2.11. The summed E-state index contributed by atoms with van der Waals surface area (Å²) in [7, 11) is 0. The fourth-order valence-corrected chi connectivity index (χ4v) is 10.4. The van der Waals surface area contributed by atoms with Crippen LogP contribution >= 0.6 is 11.9 Å². The number of fused-ring (bicyclic) bond motifs is 6. The van der Waals surface area contributed by atoms with Crippen molar-refractivity contribution < 1.29 is 4.79 Å². The van der Waals surface area contributed by atoms with Gasteiger partial charge in [-0.15, -0.1) is 0 Å². The van der Waals surface area contributed by atoms with Crippen LogP contribution < -0.4 is 4.72 Å². The molecule has 2 aromatic rings. The molecule has 3 nitrogen and oxygen atoms in total. The number of carbonyl (C=O) groups excluding carboxylic acids is 1. The molecule has 0 saturated heterocycles. The molecule has 1 amide bonds. The molecule has 4 aliphatic rings. The minimum atomic E-state index is 0.153. The first-order valence-corrected chi connectivity index (χ1v) is 15.6. The van der Waals surface area contributed by atoms with Gasteiger partial charge in [0.1, 0.15) is 0 Å². The van der Waals surface area contributed by atoms with E-state index in [0.717, 1.165) is 51.8 Å².